The topological polar surface area (TPSA) is 20.2 Å². The summed E-state index contributed by atoms with van der Waals surface area (Å²) in [5.74, 6) is 0. The highest BCUT2D eigenvalue weighted by Crippen LogP contribution is 2.23. The van der Waals surface area contributed by atoms with Crippen LogP contribution in [0.4, 0.5) is 0 Å². The highest BCUT2D eigenvalue weighted by Gasteiger charge is 2.20. The van der Waals surface area contributed by atoms with Crippen molar-refractivity contribution >= 4 is 0 Å². The first-order valence-electron chi connectivity index (χ1n) is 11.2. The normalized spacial score (nSPS) is 13.4. The fourth-order valence-electron chi connectivity index (χ4n) is 3.32. The molecule has 1 heteroatoms. The maximum Gasteiger partial charge on any atom is 0.0588 e. The van der Waals surface area contributed by atoms with Gasteiger partial charge in [0.05, 0.1) is 6.10 Å². The van der Waals surface area contributed by atoms with E-state index in [0.29, 0.717) is 0 Å². The van der Waals surface area contributed by atoms with Gasteiger partial charge in [-0.15, -0.1) is 0 Å². The van der Waals surface area contributed by atoms with E-state index >= 15 is 0 Å². The molecule has 0 rings (SSSR count). The predicted octanol–water partition coefficient (Wildman–Crippen LogP) is 8.05. The summed E-state index contributed by atoms with van der Waals surface area (Å²) in [5.41, 5.74) is 0.0511. The van der Waals surface area contributed by atoms with E-state index in [1.54, 1.807) is 0 Å². The minimum absolute atomic E-state index is 0.0511. The number of rotatable bonds is 17. The molecule has 0 aromatic rings. The van der Waals surface area contributed by atoms with Crippen molar-refractivity contribution < 1.29 is 5.11 Å². The van der Waals surface area contributed by atoms with Gasteiger partial charge < -0.3 is 5.11 Å². The molecule has 0 fully saturated rings. The minimum Gasteiger partial charge on any atom is -0.393 e. The number of aliphatic hydroxyl groups excluding tert-OH is 1. The molecule has 0 aromatic heterocycles. The Hall–Kier alpha value is -0.0400. The summed E-state index contributed by atoms with van der Waals surface area (Å²) in [5, 5.41) is 10.0. The molecule has 146 valence electrons. The van der Waals surface area contributed by atoms with Crippen LogP contribution in [-0.2, 0) is 0 Å². The van der Waals surface area contributed by atoms with Crippen LogP contribution in [0.15, 0.2) is 0 Å². The molecule has 0 radical (unpaired) electrons. The van der Waals surface area contributed by atoms with E-state index in [1.807, 2.05) is 0 Å². The van der Waals surface area contributed by atoms with Gasteiger partial charge in [-0.3, -0.25) is 0 Å². The minimum atomic E-state index is -0.135. The molecule has 0 saturated heterocycles. The monoisotopic (exact) mass is 340 g/mol. The molecule has 1 atom stereocenters. The number of aliphatic hydroxyl groups is 1. The largest absolute Gasteiger partial charge is 0.393 e. The Kier molecular flexibility index (Phi) is 16.4. The Bertz CT molecular complexity index is 241. The van der Waals surface area contributed by atoms with Crippen LogP contribution >= 0.6 is 0 Å². The molecule has 0 spiro atoms. The van der Waals surface area contributed by atoms with Crippen LogP contribution in [0.25, 0.3) is 0 Å². The second-order valence-corrected chi connectivity index (χ2v) is 8.97. The summed E-state index contributed by atoms with van der Waals surface area (Å²) >= 11 is 0. The molecule has 0 bridgehead atoms. The van der Waals surface area contributed by atoms with E-state index < -0.39 is 0 Å². The molecule has 0 saturated carbocycles. The highest BCUT2D eigenvalue weighted by atomic mass is 16.3. The maximum absolute atomic E-state index is 10.0. The van der Waals surface area contributed by atoms with Gasteiger partial charge in [0.1, 0.15) is 0 Å². The number of hydrogen-bond acceptors (Lipinski definition) is 1. The lowest BCUT2D eigenvalue weighted by atomic mass is 9.86. The van der Waals surface area contributed by atoms with E-state index in [9.17, 15) is 5.11 Å². The van der Waals surface area contributed by atoms with Crippen molar-refractivity contribution in [2.75, 3.05) is 0 Å². The van der Waals surface area contributed by atoms with Crippen molar-refractivity contribution in [3.8, 4) is 0 Å². The molecule has 0 aromatic carbocycles. The van der Waals surface area contributed by atoms with Crippen molar-refractivity contribution in [1.29, 1.82) is 0 Å². The molecule has 24 heavy (non-hydrogen) atoms. The molecule has 0 heterocycles. The van der Waals surface area contributed by atoms with Gasteiger partial charge in [0.2, 0.25) is 0 Å². The van der Waals surface area contributed by atoms with Crippen LogP contribution in [0.2, 0.25) is 0 Å². The maximum atomic E-state index is 10.0. The zero-order chi connectivity index (χ0) is 18.1. The zero-order valence-electron chi connectivity index (χ0n) is 17.5. The van der Waals surface area contributed by atoms with Crippen molar-refractivity contribution in [3.05, 3.63) is 0 Å². The Balaban J connectivity index is 3.10. The van der Waals surface area contributed by atoms with Gasteiger partial charge in [0.25, 0.3) is 0 Å². The van der Waals surface area contributed by atoms with E-state index in [4.69, 9.17) is 0 Å². The smallest absolute Gasteiger partial charge is 0.0588 e. The van der Waals surface area contributed by atoms with Gasteiger partial charge in [-0.1, -0.05) is 130 Å². The predicted molar refractivity (Wildman–Crippen MR) is 110 cm³/mol. The summed E-state index contributed by atoms with van der Waals surface area (Å²) in [6, 6.07) is 0. The Labute approximate surface area is 154 Å². The Morgan fingerprint density at radius 1 is 0.542 bits per heavy atom. The third-order valence-corrected chi connectivity index (χ3v) is 5.33. The molecule has 0 aliphatic rings. The summed E-state index contributed by atoms with van der Waals surface area (Å²) < 4.78 is 0. The van der Waals surface area contributed by atoms with E-state index in [2.05, 4.69) is 27.7 Å². The summed E-state index contributed by atoms with van der Waals surface area (Å²) in [7, 11) is 0. The number of unbranched alkanes of at least 4 members (excludes halogenated alkanes) is 15. The van der Waals surface area contributed by atoms with Crippen LogP contribution in [0.5, 0.6) is 0 Å². The lowest BCUT2D eigenvalue weighted by Gasteiger charge is -2.25. The second-order valence-electron chi connectivity index (χ2n) is 8.97. The molecule has 0 aliphatic carbocycles. The van der Waals surface area contributed by atoms with Gasteiger partial charge in [0, 0.05) is 0 Å². The quantitative estimate of drug-likeness (QED) is 0.265. The summed E-state index contributed by atoms with van der Waals surface area (Å²) in [6.07, 6.45) is 23.4. The average molecular weight is 341 g/mol. The van der Waals surface area contributed by atoms with Gasteiger partial charge in [-0.05, 0) is 11.8 Å². The SMILES string of the molecule is CCCCCCCCCCCCCCCCCCC(O)C(C)(C)C. The van der Waals surface area contributed by atoms with Crippen LogP contribution in [-0.4, -0.2) is 11.2 Å². The molecule has 1 N–H and O–H groups in total. The molecular formula is C23H48O. The average Bonchev–Trinajstić information content (AvgIpc) is 2.53. The first kappa shape index (κ1) is 24.0. The summed E-state index contributed by atoms with van der Waals surface area (Å²) in [4.78, 5) is 0. The highest BCUT2D eigenvalue weighted by molar-refractivity contribution is 4.72. The van der Waals surface area contributed by atoms with Gasteiger partial charge >= 0.3 is 0 Å². The molecule has 0 amide bonds. The second kappa shape index (κ2) is 16.4. The first-order chi connectivity index (χ1) is 11.5. The fraction of sp³-hybridized carbons (Fsp3) is 1.00. The van der Waals surface area contributed by atoms with Crippen LogP contribution in [0, 0.1) is 5.41 Å². The standard InChI is InChI=1S/C23H48O/c1-5-6-7-8-9-10-11-12-13-14-15-16-17-18-19-20-21-22(24)23(2,3)4/h22,24H,5-21H2,1-4H3. The third kappa shape index (κ3) is 16.8. The van der Waals surface area contributed by atoms with E-state index in [0.717, 1.165) is 6.42 Å². The van der Waals surface area contributed by atoms with Gasteiger partial charge in [0.15, 0.2) is 0 Å². The molecule has 1 unspecified atom stereocenters. The Morgan fingerprint density at radius 2 is 0.833 bits per heavy atom. The molecular weight excluding hydrogens is 292 g/mol. The van der Waals surface area contributed by atoms with Gasteiger partial charge in [-0.2, -0.15) is 0 Å². The summed E-state index contributed by atoms with van der Waals surface area (Å²) in [6.45, 7) is 8.68. The van der Waals surface area contributed by atoms with Crippen molar-refractivity contribution in [2.45, 2.75) is 143 Å². The van der Waals surface area contributed by atoms with E-state index in [-0.39, 0.29) is 11.5 Å². The van der Waals surface area contributed by atoms with E-state index in [1.165, 1.54) is 103 Å². The van der Waals surface area contributed by atoms with Crippen LogP contribution in [0.3, 0.4) is 0 Å². The van der Waals surface area contributed by atoms with Crippen molar-refractivity contribution in [3.63, 3.8) is 0 Å². The van der Waals surface area contributed by atoms with Crippen LogP contribution < -0.4 is 0 Å². The molecule has 0 aliphatic heterocycles. The third-order valence-electron chi connectivity index (χ3n) is 5.33. The van der Waals surface area contributed by atoms with Crippen molar-refractivity contribution in [1.82, 2.24) is 0 Å². The van der Waals surface area contributed by atoms with Crippen molar-refractivity contribution in [2.24, 2.45) is 5.41 Å². The lowest BCUT2D eigenvalue weighted by molar-refractivity contribution is 0.0533. The molecule has 1 nitrogen and oxygen atoms in total. The Morgan fingerprint density at radius 3 is 1.12 bits per heavy atom. The fourth-order valence-corrected chi connectivity index (χ4v) is 3.32. The lowest BCUT2D eigenvalue weighted by Crippen LogP contribution is -2.25. The first-order valence-corrected chi connectivity index (χ1v) is 11.2. The zero-order valence-corrected chi connectivity index (χ0v) is 17.5. The number of hydrogen-bond donors (Lipinski definition) is 1. The van der Waals surface area contributed by atoms with Crippen LogP contribution in [0.1, 0.15) is 137 Å². The van der Waals surface area contributed by atoms with Gasteiger partial charge in [-0.25, -0.2) is 0 Å².